The summed E-state index contributed by atoms with van der Waals surface area (Å²) in [5.41, 5.74) is 1.90. The number of ether oxygens (including phenoxy) is 2. The Hall–Kier alpha value is -1.34. The number of likely N-dealkylation sites (N-methyl/N-ethyl adjacent to an activating group) is 1. The van der Waals surface area contributed by atoms with Gasteiger partial charge in [0.15, 0.2) is 11.5 Å². The minimum atomic E-state index is -0.496. The van der Waals surface area contributed by atoms with Crippen LogP contribution in [-0.4, -0.2) is 66.3 Å². The van der Waals surface area contributed by atoms with Crippen LogP contribution >= 0.6 is 0 Å². The molecule has 4 atom stereocenters. The van der Waals surface area contributed by atoms with Crippen molar-refractivity contribution in [1.82, 2.24) is 4.90 Å². The van der Waals surface area contributed by atoms with E-state index in [9.17, 15) is 10.2 Å². The van der Waals surface area contributed by atoms with Crippen molar-refractivity contribution in [3.8, 4) is 11.5 Å². The Balaban J connectivity index is 0.000000815. The molecule has 2 heterocycles. The maximum Gasteiger partial charge on any atom is 0.165 e. The van der Waals surface area contributed by atoms with Crippen molar-refractivity contribution in [2.75, 3.05) is 27.8 Å². The lowest BCUT2D eigenvalue weighted by Gasteiger charge is -2.43. The highest BCUT2D eigenvalue weighted by atomic mass is 16.5. The van der Waals surface area contributed by atoms with Gasteiger partial charge in [-0.15, -0.1) is 0 Å². The molecule has 2 aliphatic heterocycles. The van der Waals surface area contributed by atoms with Crippen LogP contribution in [0.25, 0.3) is 0 Å². The average Bonchev–Trinajstić information content (AvgIpc) is 2.87. The topological polar surface area (TPSA) is 82.4 Å². The number of β-amino-alcohol motifs (C(OH)–C–C–N with tert-alkyl or cyclic N) is 1. The Morgan fingerprint density at radius 1 is 1.29 bits per heavy atom. The molecule has 1 aromatic carbocycles. The van der Waals surface area contributed by atoms with E-state index in [-0.39, 0.29) is 12.2 Å². The van der Waals surface area contributed by atoms with E-state index in [1.807, 2.05) is 13.1 Å². The molecule has 1 spiro atoms. The van der Waals surface area contributed by atoms with Crippen molar-refractivity contribution in [3.63, 3.8) is 0 Å². The van der Waals surface area contributed by atoms with E-state index in [0.717, 1.165) is 37.1 Å². The molecule has 0 bridgehead atoms. The first kappa shape index (κ1) is 17.5. The average molecular weight is 337 g/mol. The third kappa shape index (κ3) is 2.40. The van der Waals surface area contributed by atoms with E-state index in [1.165, 1.54) is 5.56 Å². The van der Waals surface area contributed by atoms with Gasteiger partial charge < -0.3 is 24.8 Å². The number of methoxy groups -OCH3 is 1. The normalized spacial score (nSPS) is 34.2. The molecular formula is C18H27NO5. The largest absolute Gasteiger partial charge is 0.493 e. The highest BCUT2D eigenvalue weighted by molar-refractivity contribution is 5.59. The highest BCUT2D eigenvalue weighted by Crippen LogP contribution is 2.57. The molecule has 4 rings (SSSR count). The van der Waals surface area contributed by atoms with Crippen LogP contribution in [0.3, 0.4) is 0 Å². The first-order chi connectivity index (χ1) is 11.6. The molecule has 3 N–H and O–H groups in total. The lowest BCUT2D eigenvalue weighted by Crippen LogP contribution is -2.54. The van der Waals surface area contributed by atoms with Gasteiger partial charge in [-0.2, -0.15) is 0 Å². The Bertz CT molecular complexity index is 607. The Kier molecular flexibility index (Phi) is 4.75. The molecule has 24 heavy (non-hydrogen) atoms. The van der Waals surface area contributed by atoms with Gasteiger partial charge in [-0.05, 0) is 31.5 Å². The number of aliphatic hydroxyl groups is 3. The third-order valence-electron chi connectivity index (χ3n) is 5.62. The maximum absolute atomic E-state index is 11.0. The van der Waals surface area contributed by atoms with Crippen molar-refractivity contribution in [2.24, 2.45) is 0 Å². The number of benzene rings is 1. The minimum Gasteiger partial charge on any atom is -0.493 e. The van der Waals surface area contributed by atoms with Crippen molar-refractivity contribution in [1.29, 1.82) is 0 Å². The van der Waals surface area contributed by atoms with E-state index >= 15 is 0 Å². The predicted octanol–water partition coefficient (Wildman–Crippen LogP) is 0.654. The second-order valence-electron chi connectivity index (χ2n) is 6.92. The number of hydrogen-bond donors (Lipinski definition) is 3. The molecule has 1 saturated carbocycles. The summed E-state index contributed by atoms with van der Waals surface area (Å²) in [5.74, 6) is 1.49. The second kappa shape index (κ2) is 6.52. The molecule has 3 aliphatic rings. The first-order valence-electron chi connectivity index (χ1n) is 8.42. The van der Waals surface area contributed by atoms with Crippen LogP contribution in [0.1, 0.15) is 30.4 Å². The fourth-order valence-electron chi connectivity index (χ4n) is 4.61. The van der Waals surface area contributed by atoms with Gasteiger partial charge in [0.05, 0.1) is 24.7 Å². The lowest BCUT2D eigenvalue weighted by molar-refractivity contribution is -0.0477. The number of nitrogens with zero attached hydrogens (tertiary/aromatic N) is 1. The number of aliphatic hydroxyl groups excluding tert-OH is 3. The lowest BCUT2D eigenvalue weighted by atomic mass is 9.64. The third-order valence-corrected chi connectivity index (χ3v) is 5.62. The van der Waals surface area contributed by atoms with Crippen LogP contribution in [0.2, 0.25) is 0 Å². The van der Waals surface area contributed by atoms with Crippen LogP contribution in [0.15, 0.2) is 12.1 Å². The Labute approximate surface area is 142 Å². The van der Waals surface area contributed by atoms with Gasteiger partial charge >= 0.3 is 0 Å². The van der Waals surface area contributed by atoms with Crippen molar-refractivity contribution in [2.45, 2.75) is 49.5 Å². The summed E-state index contributed by atoms with van der Waals surface area (Å²) in [5, 5.41) is 28.1. The van der Waals surface area contributed by atoms with E-state index in [1.54, 1.807) is 7.11 Å². The minimum absolute atomic E-state index is 0.178. The summed E-state index contributed by atoms with van der Waals surface area (Å²) < 4.78 is 11.7. The van der Waals surface area contributed by atoms with Gasteiger partial charge in [-0.3, -0.25) is 4.90 Å². The predicted molar refractivity (Wildman–Crippen MR) is 89.4 cm³/mol. The fraction of sp³-hybridized carbons (Fsp3) is 0.667. The molecule has 1 aliphatic carbocycles. The van der Waals surface area contributed by atoms with Crippen LogP contribution in [0.4, 0.5) is 0 Å². The summed E-state index contributed by atoms with van der Waals surface area (Å²) in [7, 11) is 4.68. The molecule has 0 saturated heterocycles. The van der Waals surface area contributed by atoms with Gasteiger partial charge in [0.25, 0.3) is 0 Å². The molecule has 134 valence electrons. The molecule has 0 aromatic heterocycles. The molecular weight excluding hydrogens is 310 g/mol. The molecule has 0 unspecified atom stereocenters. The molecule has 6 nitrogen and oxygen atoms in total. The van der Waals surface area contributed by atoms with Crippen molar-refractivity contribution in [3.05, 3.63) is 23.3 Å². The van der Waals surface area contributed by atoms with E-state index in [0.29, 0.717) is 19.4 Å². The maximum atomic E-state index is 11.0. The molecule has 0 amide bonds. The molecule has 6 heteroatoms. The van der Waals surface area contributed by atoms with Gasteiger partial charge in [-0.1, -0.05) is 6.07 Å². The van der Waals surface area contributed by atoms with Crippen LogP contribution in [0.5, 0.6) is 11.5 Å². The zero-order chi connectivity index (χ0) is 17.5. The zero-order valence-corrected chi connectivity index (χ0v) is 14.5. The van der Waals surface area contributed by atoms with Gasteiger partial charge in [-0.25, -0.2) is 0 Å². The van der Waals surface area contributed by atoms with E-state index < -0.39 is 11.5 Å². The van der Waals surface area contributed by atoms with Crippen molar-refractivity contribution < 1.29 is 24.8 Å². The zero-order valence-electron chi connectivity index (χ0n) is 14.5. The number of hydrogen-bond acceptors (Lipinski definition) is 6. The smallest absolute Gasteiger partial charge is 0.165 e. The Morgan fingerprint density at radius 3 is 2.75 bits per heavy atom. The van der Waals surface area contributed by atoms with Gasteiger partial charge in [0, 0.05) is 32.2 Å². The Morgan fingerprint density at radius 2 is 2.04 bits per heavy atom. The van der Waals surface area contributed by atoms with Gasteiger partial charge in [0.2, 0.25) is 0 Å². The summed E-state index contributed by atoms with van der Waals surface area (Å²) in [6.07, 6.45) is 0.996. The standard InChI is InChI=1S/C17H23NO4.CH4O/c1-18-8-10-3-4-12(21-2)16-15(10)17(13(20)9-18)6-5-11(19)7-14(17)22-16;1-2/h3-4,11,13-14,19-20H,5-9H2,1-2H3;2H,1H3/t11-,13-,14-,17-;/m0./s1. The van der Waals surface area contributed by atoms with Gasteiger partial charge in [0.1, 0.15) is 6.10 Å². The molecule has 1 aromatic rings. The van der Waals surface area contributed by atoms with Crippen LogP contribution in [-0.2, 0) is 12.0 Å². The van der Waals surface area contributed by atoms with E-state index in [2.05, 4.69) is 11.0 Å². The number of rotatable bonds is 1. The summed E-state index contributed by atoms with van der Waals surface area (Å²) in [6.45, 7) is 1.41. The van der Waals surface area contributed by atoms with Crippen molar-refractivity contribution >= 4 is 0 Å². The summed E-state index contributed by atoms with van der Waals surface area (Å²) in [6, 6.07) is 4.03. The second-order valence-corrected chi connectivity index (χ2v) is 6.92. The summed E-state index contributed by atoms with van der Waals surface area (Å²) in [4.78, 5) is 2.15. The monoisotopic (exact) mass is 337 g/mol. The first-order valence-corrected chi connectivity index (χ1v) is 8.42. The van der Waals surface area contributed by atoms with Crippen LogP contribution in [0, 0.1) is 0 Å². The quantitative estimate of drug-likeness (QED) is 0.698. The SMILES string of the molecule is CO.COc1ccc2c3c1O[C@H]1C[C@@H](O)CC[C@@]31[C@@H](O)CN(C)C2. The molecule has 0 radical (unpaired) electrons. The highest BCUT2D eigenvalue weighted by Gasteiger charge is 2.58. The van der Waals surface area contributed by atoms with Crippen LogP contribution < -0.4 is 9.47 Å². The summed E-state index contributed by atoms with van der Waals surface area (Å²) >= 11 is 0. The molecule has 1 fully saturated rings. The van der Waals surface area contributed by atoms with E-state index in [4.69, 9.17) is 14.6 Å². The fourth-order valence-corrected chi connectivity index (χ4v) is 4.61.